The first kappa shape index (κ1) is 12.9. The van der Waals surface area contributed by atoms with Crippen LogP contribution in [0.4, 0.5) is 24.8 Å². The van der Waals surface area contributed by atoms with E-state index in [9.17, 15) is 18.0 Å². The molecule has 0 bridgehead atoms. The van der Waals surface area contributed by atoms with Gasteiger partial charge in [0.2, 0.25) is 11.9 Å². The molecule has 9 heteroatoms. The number of aromatic nitrogens is 3. The van der Waals surface area contributed by atoms with Crippen LogP contribution in [0.3, 0.4) is 0 Å². The van der Waals surface area contributed by atoms with Crippen molar-refractivity contribution in [3.05, 3.63) is 35.9 Å². The van der Waals surface area contributed by atoms with Crippen molar-refractivity contribution in [2.75, 3.05) is 11.1 Å². The molecule has 0 spiro atoms. The normalized spacial score (nSPS) is 10.5. The van der Waals surface area contributed by atoms with Crippen LogP contribution in [-0.2, 0) is 11.3 Å². The number of rotatable bonds is 3. The molecule has 2 aromatic rings. The average Bonchev–Trinajstić information content (AvgIpc) is 2.71. The number of halogens is 3. The van der Waals surface area contributed by atoms with Gasteiger partial charge >= 0.3 is 0 Å². The Bertz CT molecular complexity index is 604. The Hall–Kier alpha value is -2.58. The lowest BCUT2D eigenvalue weighted by Crippen LogP contribution is -2.19. The van der Waals surface area contributed by atoms with Crippen molar-refractivity contribution in [3.63, 3.8) is 0 Å². The minimum absolute atomic E-state index is 0.00771. The highest BCUT2D eigenvalue weighted by Gasteiger charge is 2.12. The van der Waals surface area contributed by atoms with Gasteiger partial charge in [0.25, 0.3) is 0 Å². The number of carbonyl (C=O) groups excluding carboxylic acids is 1. The van der Waals surface area contributed by atoms with Crippen molar-refractivity contribution in [3.8, 4) is 0 Å². The summed E-state index contributed by atoms with van der Waals surface area (Å²) < 4.78 is 39.7. The highest BCUT2D eigenvalue weighted by atomic mass is 19.2. The Balaban J connectivity index is 2.07. The monoisotopic (exact) mass is 271 g/mol. The smallest absolute Gasteiger partial charge is 0.246 e. The van der Waals surface area contributed by atoms with Gasteiger partial charge in [0.05, 0.1) is 0 Å². The van der Waals surface area contributed by atoms with Gasteiger partial charge in [-0.1, -0.05) is 0 Å². The topological polar surface area (TPSA) is 85.8 Å². The van der Waals surface area contributed by atoms with Crippen LogP contribution in [0.2, 0.25) is 0 Å². The van der Waals surface area contributed by atoms with E-state index in [1.54, 1.807) is 0 Å². The molecule has 0 aliphatic heterocycles. The predicted molar refractivity (Wildman–Crippen MR) is 59.4 cm³/mol. The molecule has 1 amide bonds. The zero-order valence-corrected chi connectivity index (χ0v) is 9.40. The van der Waals surface area contributed by atoms with E-state index in [2.05, 4.69) is 15.4 Å². The van der Waals surface area contributed by atoms with Crippen LogP contribution >= 0.6 is 0 Å². The maximum atomic E-state index is 12.9. The van der Waals surface area contributed by atoms with E-state index < -0.39 is 23.4 Å². The van der Waals surface area contributed by atoms with E-state index in [4.69, 9.17) is 5.73 Å². The Morgan fingerprint density at radius 1 is 1.32 bits per heavy atom. The number of carbonyl (C=O) groups is 1. The van der Waals surface area contributed by atoms with Gasteiger partial charge in [-0.3, -0.25) is 4.79 Å². The second kappa shape index (κ2) is 4.96. The summed E-state index contributed by atoms with van der Waals surface area (Å²) in [6, 6.07) is 1.35. The summed E-state index contributed by atoms with van der Waals surface area (Å²) >= 11 is 0. The van der Waals surface area contributed by atoms with E-state index in [0.29, 0.717) is 12.1 Å². The third-order valence-electron chi connectivity index (χ3n) is 2.13. The van der Waals surface area contributed by atoms with Crippen molar-refractivity contribution in [1.29, 1.82) is 0 Å². The second-order valence-electron chi connectivity index (χ2n) is 3.60. The Morgan fingerprint density at radius 2 is 1.95 bits per heavy atom. The summed E-state index contributed by atoms with van der Waals surface area (Å²) in [6.45, 7) is -0.245. The largest absolute Gasteiger partial charge is 0.367 e. The molecular formula is C10H8F3N5O. The molecule has 0 saturated heterocycles. The number of nitrogen functional groups attached to an aromatic ring is 1. The molecule has 100 valence electrons. The molecule has 3 N–H and O–H groups in total. The van der Waals surface area contributed by atoms with Crippen LogP contribution in [-0.4, -0.2) is 20.7 Å². The van der Waals surface area contributed by atoms with E-state index in [0.717, 1.165) is 4.68 Å². The molecule has 2 rings (SSSR count). The number of benzene rings is 1. The summed E-state index contributed by atoms with van der Waals surface area (Å²) in [5.41, 5.74) is 5.05. The lowest BCUT2D eigenvalue weighted by Gasteiger charge is -2.06. The van der Waals surface area contributed by atoms with Crippen LogP contribution in [0.5, 0.6) is 0 Å². The zero-order chi connectivity index (χ0) is 14.0. The van der Waals surface area contributed by atoms with Crippen LogP contribution < -0.4 is 11.1 Å². The van der Waals surface area contributed by atoms with Gasteiger partial charge in [0, 0.05) is 17.8 Å². The number of nitrogens with one attached hydrogen (secondary N) is 1. The van der Waals surface area contributed by atoms with E-state index >= 15 is 0 Å². The summed E-state index contributed by atoms with van der Waals surface area (Å²) in [7, 11) is 0. The number of nitrogens with zero attached hydrogens (tertiary/aromatic N) is 3. The molecule has 19 heavy (non-hydrogen) atoms. The van der Waals surface area contributed by atoms with Gasteiger partial charge in [0.15, 0.2) is 17.5 Å². The van der Waals surface area contributed by atoms with Crippen LogP contribution in [0.1, 0.15) is 0 Å². The molecule has 1 aromatic heterocycles. The van der Waals surface area contributed by atoms with Gasteiger partial charge in [-0.2, -0.15) is 0 Å². The number of hydrogen-bond donors (Lipinski definition) is 2. The minimum Gasteiger partial charge on any atom is -0.367 e. The van der Waals surface area contributed by atoms with E-state index in [-0.39, 0.29) is 18.2 Å². The van der Waals surface area contributed by atoms with Crippen LogP contribution in [0.25, 0.3) is 0 Å². The molecule has 0 atom stereocenters. The summed E-state index contributed by atoms with van der Waals surface area (Å²) in [4.78, 5) is 15.1. The fraction of sp³-hybridized carbons (Fsp3) is 0.100. The maximum Gasteiger partial charge on any atom is 0.246 e. The number of nitrogens with two attached hydrogens (primary N) is 1. The molecule has 1 heterocycles. The van der Waals surface area contributed by atoms with Crippen molar-refractivity contribution >= 4 is 17.5 Å². The fourth-order valence-electron chi connectivity index (χ4n) is 1.36. The van der Waals surface area contributed by atoms with E-state index in [1.807, 2.05) is 0 Å². The number of anilines is 2. The van der Waals surface area contributed by atoms with Crippen LogP contribution in [0.15, 0.2) is 18.5 Å². The van der Waals surface area contributed by atoms with Crippen molar-refractivity contribution in [2.24, 2.45) is 0 Å². The molecule has 0 unspecified atom stereocenters. The molecule has 6 nitrogen and oxygen atoms in total. The highest BCUT2D eigenvalue weighted by Crippen LogP contribution is 2.17. The third-order valence-corrected chi connectivity index (χ3v) is 2.13. The summed E-state index contributed by atoms with van der Waals surface area (Å²) in [5.74, 6) is -5.00. The molecule has 0 aliphatic rings. The average molecular weight is 271 g/mol. The third kappa shape index (κ3) is 3.00. The van der Waals surface area contributed by atoms with Crippen molar-refractivity contribution in [2.45, 2.75) is 6.54 Å². The van der Waals surface area contributed by atoms with E-state index in [1.165, 1.54) is 6.33 Å². The first-order valence-corrected chi connectivity index (χ1v) is 5.05. The van der Waals surface area contributed by atoms with Crippen molar-refractivity contribution < 1.29 is 18.0 Å². The number of amides is 1. The van der Waals surface area contributed by atoms with Gasteiger partial charge in [-0.15, -0.1) is 5.10 Å². The fourth-order valence-corrected chi connectivity index (χ4v) is 1.36. The minimum atomic E-state index is -1.60. The standard InChI is InChI=1S/C10H8F3N5O/c11-6-1-5(2-7(12)9(6)13)16-8(19)3-18-4-15-10(14)17-18/h1-2,4H,3H2,(H2,14,17)(H,16,19). The molecule has 0 aliphatic carbocycles. The lowest BCUT2D eigenvalue weighted by molar-refractivity contribution is -0.116. The molecule has 0 radical (unpaired) electrons. The SMILES string of the molecule is Nc1ncn(CC(=O)Nc2cc(F)c(F)c(F)c2)n1. The van der Waals surface area contributed by atoms with Crippen molar-refractivity contribution in [1.82, 2.24) is 14.8 Å². The first-order chi connectivity index (χ1) is 8.95. The molecular weight excluding hydrogens is 263 g/mol. The summed E-state index contributed by atoms with van der Waals surface area (Å²) in [5, 5.41) is 5.85. The molecule has 0 saturated carbocycles. The Labute approximate surface area is 105 Å². The van der Waals surface area contributed by atoms with Gasteiger partial charge in [-0.05, 0) is 0 Å². The predicted octanol–water partition coefficient (Wildman–Crippen LogP) is 0.916. The number of hydrogen-bond acceptors (Lipinski definition) is 4. The molecule has 1 aromatic carbocycles. The second-order valence-corrected chi connectivity index (χ2v) is 3.60. The Morgan fingerprint density at radius 3 is 2.47 bits per heavy atom. The molecule has 0 fully saturated rings. The van der Waals surface area contributed by atoms with Crippen LogP contribution in [0, 0.1) is 17.5 Å². The van der Waals surface area contributed by atoms with Gasteiger partial charge in [-0.25, -0.2) is 22.8 Å². The lowest BCUT2D eigenvalue weighted by atomic mass is 10.3. The first-order valence-electron chi connectivity index (χ1n) is 5.05. The zero-order valence-electron chi connectivity index (χ0n) is 9.40. The summed E-state index contributed by atoms with van der Waals surface area (Å²) in [6.07, 6.45) is 1.22. The Kier molecular flexibility index (Phi) is 3.36. The quantitative estimate of drug-likeness (QED) is 0.813. The maximum absolute atomic E-state index is 12.9. The van der Waals surface area contributed by atoms with Gasteiger partial charge in [0.1, 0.15) is 12.9 Å². The highest BCUT2D eigenvalue weighted by molar-refractivity contribution is 5.90. The van der Waals surface area contributed by atoms with Gasteiger partial charge < -0.3 is 11.1 Å².